The molecule has 3 rings (SSSR count). The Hall–Kier alpha value is -2.51. The van der Waals surface area contributed by atoms with Crippen LogP contribution in [-0.2, 0) is 16.1 Å². The third kappa shape index (κ3) is 5.05. The van der Waals surface area contributed by atoms with Gasteiger partial charge in [0.25, 0.3) is 0 Å². The van der Waals surface area contributed by atoms with Crippen LogP contribution in [0.5, 0.6) is 5.75 Å². The molecule has 2 N–H and O–H groups in total. The lowest BCUT2D eigenvalue weighted by Gasteiger charge is -2.08. The minimum absolute atomic E-state index is 0.0513. The van der Waals surface area contributed by atoms with Crippen LogP contribution in [0, 0.1) is 6.92 Å². The average Bonchev–Trinajstić information content (AvgIpc) is 3.02. The predicted octanol–water partition coefficient (Wildman–Crippen LogP) is 3.77. The monoisotopic (exact) mass is 417 g/mol. The fraction of sp³-hybridized carbons (Fsp3) is 0.250. The molecule has 146 valence electrons. The van der Waals surface area contributed by atoms with Crippen molar-refractivity contribution in [1.29, 1.82) is 0 Å². The van der Waals surface area contributed by atoms with Gasteiger partial charge in [0.15, 0.2) is 5.17 Å². The zero-order valence-electron chi connectivity index (χ0n) is 15.5. The largest absolute Gasteiger partial charge is 0.496 e. The molecule has 2 aromatic rings. The number of hydrogen-bond acceptors (Lipinski definition) is 5. The summed E-state index contributed by atoms with van der Waals surface area (Å²) in [5, 5.41) is 6.07. The second kappa shape index (κ2) is 9.12. The van der Waals surface area contributed by atoms with Gasteiger partial charge in [0.2, 0.25) is 11.8 Å². The minimum atomic E-state index is -0.516. The summed E-state index contributed by atoms with van der Waals surface area (Å²) < 4.78 is 5.30. The van der Waals surface area contributed by atoms with Crippen molar-refractivity contribution in [2.45, 2.75) is 25.1 Å². The van der Waals surface area contributed by atoms with Crippen LogP contribution in [0.4, 0.5) is 5.69 Å². The van der Waals surface area contributed by atoms with E-state index < -0.39 is 5.25 Å². The van der Waals surface area contributed by atoms with Crippen molar-refractivity contribution in [3.63, 3.8) is 0 Å². The minimum Gasteiger partial charge on any atom is -0.496 e. The second-order valence-electron chi connectivity index (χ2n) is 6.25. The molecule has 1 fully saturated rings. The summed E-state index contributed by atoms with van der Waals surface area (Å²) >= 11 is 7.33. The molecule has 1 heterocycles. The van der Waals surface area contributed by atoms with Gasteiger partial charge in [-0.1, -0.05) is 47.6 Å². The second-order valence-corrected chi connectivity index (χ2v) is 7.84. The molecule has 1 saturated heterocycles. The Morgan fingerprint density at radius 2 is 2.11 bits per heavy atom. The summed E-state index contributed by atoms with van der Waals surface area (Å²) in [5.74, 6) is 0.272. The number of halogens is 1. The van der Waals surface area contributed by atoms with E-state index in [1.54, 1.807) is 19.2 Å². The number of amides is 2. The zero-order chi connectivity index (χ0) is 20.1. The fourth-order valence-electron chi connectivity index (χ4n) is 2.66. The maximum absolute atomic E-state index is 12.3. The highest BCUT2D eigenvalue weighted by atomic mass is 35.5. The first-order valence-corrected chi connectivity index (χ1v) is 9.92. The summed E-state index contributed by atoms with van der Waals surface area (Å²) in [6, 6.07) is 12.9. The van der Waals surface area contributed by atoms with E-state index in [0.29, 0.717) is 22.4 Å². The highest BCUT2D eigenvalue weighted by Gasteiger charge is 2.32. The average molecular weight is 418 g/mol. The molecule has 28 heavy (non-hydrogen) atoms. The third-order valence-electron chi connectivity index (χ3n) is 4.19. The van der Waals surface area contributed by atoms with E-state index in [2.05, 4.69) is 15.6 Å². The first kappa shape index (κ1) is 20.2. The first-order chi connectivity index (χ1) is 13.5. The number of rotatable bonds is 6. The van der Waals surface area contributed by atoms with Gasteiger partial charge in [-0.25, -0.2) is 0 Å². The first-order valence-electron chi connectivity index (χ1n) is 8.66. The molecule has 1 aliphatic rings. The van der Waals surface area contributed by atoms with Crippen molar-refractivity contribution in [3.8, 4) is 5.75 Å². The van der Waals surface area contributed by atoms with Crippen LogP contribution in [0.2, 0.25) is 5.02 Å². The lowest BCUT2D eigenvalue weighted by Crippen LogP contribution is -2.28. The van der Waals surface area contributed by atoms with E-state index in [1.807, 2.05) is 37.3 Å². The van der Waals surface area contributed by atoms with E-state index in [-0.39, 0.29) is 18.2 Å². The Bertz CT molecular complexity index is 933. The standard InChI is InChI=1S/C20H20ClN3O3S/c1-12-7-8-14(9-15(12)21)23-18(25)10-17-19(26)24-20(28-17)22-11-13-5-3-4-6-16(13)27-2/h3-9,17H,10-11H2,1-2H3,(H,23,25)(H,22,24,26)/t17-/m1/s1. The van der Waals surface area contributed by atoms with Gasteiger partial charge in [-0.15, -0.1) is 0 Å². The van der Waals surface area contributed by atoms with Gasteiger partial charge in [-0.3, -0.25) is 14.6 Å². The summed E-state index contributed by atoms with van der Waals surface area (Å²) in [7, 11) is 1.61. The van der Waals surface area contributed by atoms with Crippen molar-refractivity contribution < 1.29 is 14.3 Å². The predicted molar refractivity (Wildman–Crippen MR) is 113 cm³/mol. The third-order valence-corrected chi connectivity index (χ3v) is 5.72. The number of aryl methyl sites for hydroxylation is 1. The molecule has 0 spiro atoms. The molecule has 1 aliphatic heterocycles. The highest BCUT2D eigenvalue weighted by Crippen LogP contribution is 2.25. The number of nitrogens with zero attached hydrogens (tertiary/aromatic N) is 1. The van der Waals surface area contributed by atoms with Crippen molar-refractivity contribution in [1.82, 2.24) is 5.32 Å². The Balaban J connectivity index is 1.58. The van der Waals surface area contributed by atoms with E-state index >= 15 is 0 Å². The molecule has 0 unspecified atom stereocenters. The molecule has 0 aliphatic carbocycles. The van der Waals surface area contributed by atoms with Gasteiger partial charge in [-0.05, 0) is 30.7 Å². The van der Waals surface area contributed by atoms with Crippen LogP contribution in [0.1, 0.15) is 17.5 Å². The molecule has 0 aromatic heterocycles. The molecule has 0 saturated carbocycles. The number of methoxy groups -OCH3 is 1. The summed E-state index contributed by atoms with van der Waals surface area (Å²) in [6.45, 7) is 2.27. The number of para-hydroxylation sites is 1. The number of ether oxygens (including phenoxy) is 1. The van der Waals surface area contributed by atoms with Crippen molar-refractivity contribution in [2.24, 2.45) is 4.99 Å². The van der Waals surface area contributed by atoms with Gasteiger partial charge in [0.05, 0.1) is 13.7 Å². The Kier molecular flexibility index (Phi) is 6.59. The van der Waals surface area contributed by atoms with Gasteiger partial charge in [-0.2, -0.15) is 0 Å². The maximum atomic E-state index is 12.3. The lowest BCUT2D eigenvalue weighted by molar-refractivity contribution is -0.122. The normalized spacial score (nSPS) is 17.5. The number of anilines is 1. The van der Waals surface area contributed by atoms with E-state index in [9.17, 15) is 9.59 Å². The van der Waals surface area contributed by atoms with Gasteiger partial charge in [0.1, 0.15) is 11.0 Å². The van der Waals surface area contributed by atoms with Crippen LogP contribution in [0.3, 0.4) is 0 Å². The Morgan fingerprint density at radius 3 is 2.86 bits per heavy atom. The van der Waals surface area contributed by atoms with Crippen molar-refractivity contribution in [2.75, 3.05) is 12.4 Å². The highest BCUT2D eigenvalue weighted by molar-refractivity contribution is 8.15. The molecule has 1 atom stereocenters. The number of carbonyl (C=O) groups excluding carboxylic acids is 2. The van der Waals surface area contributed by atoms with E-state index in [1.165, 1.54) is 11.8 Å². The van der Waals surface area contributed by atoms with Gasteiger partial charge < -0.3 is 15.4 Å². The van der Waals surface area contributed by atoms with Gasteiger partial charge >= 0.3 is 0 Å². The molecule has 2 amide bonds. The molecule has 0 bridgehead atoms. The molecule has 2 aromatic carbocycles. The number of nitrogens with one attached hydrogen (secondary N) is 2. The number of amidine groups is 1. The number of aliphatic imine (C=N–C) groups is 1. The van der Waals surface area contributed by atoms with Crippen LogP contribution in [0.25, 0.3) is 0 Å². The molecular weight excluding hydrogens is 398 g/mol. The fourth-order valence-corrected chi connectivity index (χ4v) is 3.81. The number of thioether (sulfide) groups is 1. The number of hydrogen-bond donors (Lipinski definition) is 2. The van der Waals surface area contributed by atoms with Crippen LogP contribution >= 0.6 is 23.4 Å². The smallest absolute Gasteiger partial charge is 0.240 e. The van der Waals surface area contributed by atoms with E-state index in [4.69, 9.17) is 16.3 Å². The molecular formula is C20H20ClN3O3S. The number of benzene rings is 2. The van der Waals surface area contributed by atoms with Gasteiger partial charge in [0, 0.05) is 22.7 Å². The summed E-state index contributed by atoms with van der Waals surface area (Å²) in [4.78, 5) is 28.9. The molecule has 6 nitrogen and oxygen atoms in total. The summed E-state index contributed by atoms with van der Waals surface area (Å²) in [6.07, 6.45) is 0.0513. The maximum Gasteiger partial charge on any atom is 0.240 e. The SMILES string of the molecule is COc1ccccc1CN=C1NC(=O)[C@@H](CC(=O)Nc2ccc(C)c(Cl)c2)S1. The molecule has 0 radical (unpaired) electrons. The van der Waals surface area contributed by atoms with Crippen molar-refractivity contribution >= 4 is 46.0 Å². The zero-order valence-corrected chi connectivity index (χ0v) is 17.1. The quantitative estimate of drug-likeness (QED) is 0.749. The van der Waals surface area contributed by atoms with Crippen molar-refractivity contribution in [3.05, 3.63) is 58.6 Å². The van der Waals surface area contributed by atoms with Crippen LogP contribution < -0.4 is 15.4 Å². The summed E-state index contributed by atoms with van der Waals surface area (Å²) in [5.41, 5.74) is 2.46. The lowest BCUT2D eigenvalue weighted by atomic mass is 10.2. The van der Waals surface area contributed by atoms with E-state index in [0.717, 1.165) is 16.9 Å². The van der Waals surface area contributed by atoms with Crippen LogP contribution in [-0.4, -0.2) is 29.3 Å². The Labute approximate surface area is 172 Å². The Morgan fingerprint density at radius 1 is 1.32 bits per heavy atom. The topological polar surface area (TPSA) is 79.8 Å². The number of carbonyl (C=O) groups is 2. The molecule has 8 heteroatoms. The van der Waals surface area contributed by atoms with Crippen LogP contribution in [0.15, 0.2) is 47.5 Å².